The molecule has 1 amide bonds. The van der Waals surface area contributed by atoms with E-state index in [1.165, 1.54) is 11.8 Å². The van der Waals surface area contributed by atoms with Crippen molar-refractivity contribution in [3.05, 3.63) is 29.8 Å². The molecule has 0 radical (unpaired) electrons. The smallest absolute Gasteiger partial charge is 0.249 e. The Morgan fingerprint density at radius 1 is 1.43 bits per heavy atom. The van der Waals surface area contributed by atoms with Crippen LogP contribution in [0.15, 0.2) is 18.2 Å². The van der Waals surface area contributed by atoms with E-state index < -0.39 is 29.2 Å². The summed E-state index contributed by atoms with van der Waals surface area (Å²) >= 11 is 1.33. The molecule has 0 aliphatic carbocycles. The van der Waals surface area contributed by atoms with Crippen LogP contribution in [0.2, 0.25) is 0 Å². The quantitative estimate of drug-likeness (QED) is 0.621. The molecule has 0 aromatic heterocycles. The van der Waals surface area contributed by atoms with Gasteiger partial charge in [-0.1, -0.05) is 6.92 Å². The summed E-state index contributed by atoms with van der Waals surface area (Å²) in [5, 5.41) is 11.0. The Balaban J connectivity index is 2.71. The topological polar surface area (TPSA) is 70.0 Å². The molecule has 0 saturated heterocycles. The van der Waals surface area contributed by atoms with E-state index in [-0.39, 0.29) is 11.4 Å². The minimum absolute atomic E-state index is 0.0470. The molecule has 0 aliphatic heterocycles. The van der Waals surface area contributed by atoms with Gasteiger partial charge in [0.05, 0.1) is 17.5 Å². The Labute approximate surface area is 125 Å². The predicted octanol–water partition coefficient (Wildman–Crippen LogP) is 2.76. The summed E-state index contributed by atoms with van der Waals surface area (Å²) in [6, 6.07) is 4.22. The number of nitriles is 1. The first kappa shape index (κ1) is 17.1. The number of halogens is 2. The first-order chi connectivity index (χ1) is 9.99. The zero-order valence-electron chi connectivity index (χ0n) is 11.4. The highest BCUT2D eigenvalue weighted by atomic mass is 32.2. The molecule has 1 aromatic carbocycles. The lowest BCUT2D eigenvalue weighted by atomic mass is 10.1. The van der Waals surface area contributed by atoms with Crippen molar-refractivity contribution in [3.8, 4) is 6.07 Å². The highest BCUT2D eigenvalue weighted by molar-refractivity contribution is 7.99. The molecule has 1 atom stereocenters. The van der Waals surface area contributed by atoms with Gasteiger partial charge >= 0.3 is 0 Å². The van der Waals surface area contributed by atoms with E-state index >= 15 is 0 Å². The van der Waals surface area contributed by atoms with Gasteiger partial charge in [-0.05, 0) is 24.3 Å². The van der Waals surface area contributed by atoms with Gasteiger partial charge in [0, 0.05) is 6.07 Å². The Morgan fingerprint density at radius 2 is 2.14 bits per heavy atom. The van der Waals surface area contributed by atoms with E-state index in [1.807, 2.05) is 6.92 Å². The predicted molar refractivity (Wildman–Crippen MR) is 76.7 cm³/mol. The van der Waals surface area contributed by atoms with Crippen LogP contribution in [0, 0.1) is 28.9 Å². The molecule has 0 unspecified atom stereocenters. The van der Waals surface area contributed by atoms with Gasteiger partial charge in [0.15, 0.2) is 11.7 Å². The monoisotopic (exact) mass is 312 g/mol. The number of carbonyl (C=O) groups excluding carboxylic acids is 2. The maximum absolute atomic E-state index is 13.4. The van der Waals surface area contributed by atoms with Crippen LogP contribution in [0.5, 0.6) is 0 Å². The molecule has 4 nitrogen and oxygen atoms in total. The van der Waals surface area contributed by atoms with E-state index in [9.17, 15) is 18.4 Å². The molecule has 21 heavy (non-hydrogen) atoms. The number of thioether (sulfide) groups is 1. The number of anilines is 1. The largest absolute Gasteiger partial charge is 0.322 e. The van der Waals surface area contributed by atoms with Gasteiger partial charge < -0.3 is 5.32 Å². The lowest BCUT2D eigenvalue weighted by molar-refractivity contribution is -0.127. The maximum atomic E-state index is 13.4. The van der Waals surface area contributed by atoms with E-state index in [2.05, 4.69) is 5.32 Å². The van der Waals surface area contributed by atoms with Crippen molar-refractivity contribution in [2.75, 3.05) is 16.8 Å². The zero-order chi connectivity index (χ0) is 15.8. The minimum atomic E-state index is -1.50. The Hall–Kier alpha value is -1.94. The van der Waals surface area contributed by atoms with Crippen LogP contribution in [0.3, 0.4) is 0 Å². The van der Waals surface area contributed by atoms with Crippen LogP contribution < -0.4 is 5.32 Å². The van der Waals surface area contributed by atoms with Crippen molar-refractivity contribution < 1.29 is 18.4 Å². The average Bonchev–Trinajstić information content (AvgIpc) is 2.43. The highest BCUT2D eigenvalue weighted by Gasteiger charge is 2.26. The number of benzene rings is 1. The number of nitrogens with zero attached hydrogens (tertiary/aromatic N) is 1. The number of rotatable bonds is 7. The van der Waals surface area contributed by atoms with Crippen molar-refractivity contribution >= 4 is 29.1 Å². The van der Waals surface area contributed by atoms with Gasteiger partial charge in [0.2, 0.25) is 5.91 Å². The average molecular weight is 312 g/mol. The van der Waals surface area contributed by atoms with Gasteiger partial charge in [-0.2, -0.15) is 17.0 Å². The molecule has 1 N–H and O–H groups in total. The molecule has 0 aliphatic rings. The fraction of sp³-hybridized carbons (Fsp3) is 0.357. The number of amides is 1. The van der Waals surface area contributed by atoms with Gasteiger partial charge in [-0.15, -0.1) is 0 Å². The summed E-state index contributed by atoms with van der Waals surface area (Å²) in [5.74, 6) is -3.90. The molecule has 1 aromatic rings. The molecule has 0 heterocycles. The number of hydrogen-bond donors (Lipinski definition) is 1. The number of Topliss-reactive ketones (excluding diaryl/α,β-unsaturated/α-hetero) is 1. The molecule has 1 rings (SSSR count). The summed E-state index contributed by atoms with van der Waals surface area (Å²) in [4.78, 5) is 23.6. The first-order valence-corrected chi connectivity index (χ1v) is 7.41. The van der Waals surface area contributed by atoms with Gasteiger partial charge in [0.25, 0.3) is 0 Å². The van der Waals surface area contributed by atoms with Gasteiger partial charge in [0.1, 0.15) is 11.6 Å². The second kappa shape index (κ2) is 8.37. The lowest BCUT2D eigenvalue weighted by Crippen LogP contribution is -2.30. The third-order valence-corrected chi connectivity index (χ3v) is 3.68. The van der Waals surface area contributed by atoms with Gasteiger partial charge in [-0.3, -0.25) is 9.59 Å². The number of ketones is 1. The van der Waals surface area contributed by atoms with Crippen LogP contribution in [-0.2, 0) is 9.59 Å². The van der Waals surface area contributed by atoms with Crippen LogP contribution in [0.1, 0.15) is 13.3 Å². The summed E-state index contributed by atoms with van der Waals surface area (Å²) < 4.78 is 26.1. The normalized spacial score (nSPS) is 11.5. The van der Waals surface area contributed by atoms with Crippen molar-refractivity contribution in [1.29, 1.82) is 5.26 Å². The standard InChI is InChI=1S/C14H14F2N2O2S/c1-2-5-21-8-13(19)10(7-17)14(20)18-12-4-3-9(15)6-11(12)16/h3-4,6,10H,2,5,8H2,1H3,(H,18,20)/t10-/m0/s1. The zero-order valence-corrected chi connectivity index (χ0v) is 12.2. The molecule has 7 heteroatoms. The summed E-state index contributed by atoms with van der Waals surface area (Å²) in [6.45, 7) is 1.95. The lowest BCUT2D eigenvalue weighted by Gasteiger charge is -2.10. The molecule has 0 fully saturated rings. The van der Waals surface area contributed by atoms with Crippen LogP contribution in [0.4, 0.5) is 14.5 Å². The fourth-order valence-electron chi connectivity index (χ4n) is 1.47. The third-order valence-electron chi connectivity index (χ3n) is 2.50. The number of carbonyl (C=O) groups is 2. The van der Waals surface area contributed by atoms with Crippen LogP contribution in [0.25, 0.3) is 0 Å². The van der Waals surface area contributed by atoms with Crippen LogP contribution >= 0.6 is 11.8 Å². The molecule has 0 bridgehead atoms. The van der Waals surface area contributed by atoms with Crippen molar-refractivity contribution in [1.82, 2.24) is 0 Å². The number of hydrogen-bond acceptors (Lipinski definition) is 4. The van der Waals surface area contributed by atoms with E-state index in [0.717, 1.165) is 24.3 Å². The Morgan fingerprint density at radius 3 is 2.71 bits per heavy atom. The fourth-order valence-corrected chi connectivity index (χ4v) is 2.27. The summed E-state index contributed by atoms with van der Waals surface area (Å²) in [7, 11) is 0. The second-order valence-electron chi connectivity index (χ2n) is 4.19. The van der Waals surface area contributed by atoms with Crippen molar-refractivity contribution in [2.24, 2.45) is 5.92 Å². The minimum Gasteiger partial charge on any atom is -0.322 e. The maximum Gasteiger partial charge on any atom is 0.249 e. The van der Waals surface area contributed by atoms with Crippen molar-refractivity contribution in [2.45, 2.75) is 13.3 Å². The molecule has 0 saturated carbocycles. The Bertz CT molecular complexity index is 573. The molecular weight excluding hydrogens is 298 g/mol. The Kier molecular flexibility index (Phi) is 6.82. The highest BCUT2D eigenvalue weighted by Crippen LogP contribution is 2.16. The summed E-state index contributed by atoms with van der Waals surface area (Å²) in [5.41, 5.74) is -0.268. The SMILES string of the molecule is CCCSCC(=O)[C@H](C#N)C(=O)Nc1ccc(F)cc1F. The molecule has 112 valence electrons. The van der Waals surface area contributed by atoms with E-state index in [1.54, 1.807) is 6.07 Å². The van der Waals surface area contributed by atoms with Crippen molar-refractivity contribution in [3.63, 3.8) is 0 Å². The molecule has 0 spiro atoms. The van der Waals surface area contributed by atoms with E-state index in [4.69, 9.17) is 5.26 Å². The summed E-state index contributed by atoms with van der Waals surface area (Å²) in [6.07, 6.45) is 0.877. The van der Waals surface area contributed by atoms with Gasteiger partial charge in [-0.25, -0.2) is 8.78 Å². The first-order valence-electron chi connectivity index (χ1n) is 6.25. The van der Waals surface area contributed by atoms with Crippen LogP contribution in [-0.4, -0.2) is 23.2 Å². The molecular formula is C14H14F2N2O2S. The third kappa shape index (κ3) is 5.16. The number of nitrogens with one attached hydrogen (secondary N) is 1. The second-order valence-corrected chi connectivity index (χ2v) is 5.30. The van der Waals surface area contributed by atoms with E-state index in [0.29, 0.717) is 6.07 Å².